The zero-order valence-corrected chi connectivity index (χ0v) is 12.2. The molecule has 2 unspecified atom stereocenters. The maximum atomic E-state index is 5.61. The monoisotopic (exact) mass is 262 g/mol. The molecule has 2 fully saturated rings. The molecule has 2 aliphatic rings. The average Bonchev–Trinajstić information content (AvgIpc) is 2.96. The van der Waals surface area contributed by atoms with E-state index in [9.17, 15) is 0 Å². The van der Waals surface area contributed by atoms with Crippen LogP contribution in [-0.2, 0) is 0 Å². The number of rotatable bonds is 2. The summed E-state index contributed by atoms with van der Waals surface area (Å²) in [5, 5.41) is 3.84. The second-order valence-corrected chi connectivity index (χ2v) is 6.43. The molecule has 0 radical (unpaired) electrons. The van der Waals surface area contributed by atoms with Crippen LogP contribution in [0, 0.1) is 0 Å². The molecule has 1 aliphatic heterocycles. The molecule has 3 rings (SSSR count). The Balaban J connectivity index is 1.75. The topological polar surface area (TPSA) is 28.4 Å². The summed E-state index contributed by atoms with van der Waals surface area (Å²) >= 11 is 0. The minimum absolute atomic E-state index is 0.367. The normalized spacial score (nSPS) is 29.5. The lowest BCUT2D eigenvalue weighted by Crippen LogP contribution is -2.64. The Kier molecular flexibility index (Phi) is 3.68. The molecule has 1 N–H and O–H groups in total. The maximum Gasteiger partial charge on any atom is 0.120 e. The highest BCUT2D eigenvalue weighted by Gasteiger charge is 2.40. The number of hydrogen-bond donors (Lipinski definition) is 1. The fourth-order valence-electron chi connectivity index (χ4n) is 3.82. The van der Waals surface area contributed by atoms with Gasteiger partial charge in [0, 0.05) is 24.7 Å². The lowest BCUT2D eigenvalue weighted by atomic mass is 9.79. The predicted octanol–water partition coefficient (Wildman–Crippen LogP) is 3.34. The smallest absolute Gasteiger partial charge is 0.120 e. The minimum Gasteiger partial charge on any atom is -0.468 e. The van der Waals surface area contributed by atoms with Crippen molar-refractivity contribution >= 4 is 0 Å². The molecule has 1 saturated heterocycles. The van der Waals surface area contributed by atoms with Gasteiger partial charge in [-0.1, -0.05) is 19.3 Å². The van der Waals surface area contributed by atoms with Gasteiger partial charge in [-0.05, 0) is 38.8 Å². The standard InChI is InChI=1S/C16H26N2O/c1-13-11-17-16(8-4-3-5-9-16)12-18(13)14(2)15-7-6-10-19-15/h6-7,10,13-14,17H,3-5,8-9,11-12H2,1-2H3. The fourth-order valence-corrected chi connectivity index (χ4v) is 3.82. The number of nitrogens with one attached hydrogen (secondary N) is 1. The van der Waals surface area contributed by atoms with E-state index in [2.05, 4.69) is 30.1 Å². The van der Waals surface area contributed by atoms with Crippen molar-refractivity contribution in [3.8, 4) is 0 Å². The van der Waals surface area contributed by atoms with Crippen molar-refractivity contribution in [3.05, 3.63) is 24.2 Å². The highest BCUT2D eigenvalue weighted by molar-refractivity contribution is 5.07. The summed E-state index contributed by atoms with van der Waals surface area (Å²) in [7, 11) is 0. The quantitative estimate of drug-likeness (QED) is 0.886. The van der Waals surface area contributed by atoms with Gasteiger partial charge >= 0.3 is 0 Å². The third-order valence-corrected chi connectivity index (χ3v) is 5.09. The molecule has 0 bridgehead atoms. The van der Waals surface area contributed by atoms with Crippen LogP contribution in [0.5, 0.6) is 0 Å². The van der Waals surface area contributed by atoms with Gasteiger partial charge < -0.3 is 9.73 Å². The Labute approximate surface area is 116 Å². The summed E-state index contributed by atoms with van der Waals surface area (Å²) < 4.78 is 5.61. The number of hydrogen-bond acceptors (Lipinski definition) is 3. The molecular weight excluding hydrogens is 236 g/mol. The summed E-state index contributed by atoms with van der Waals surface area (Å²) in [5.74, 6) is 1.10. The Hall–Kier alpha value is -0.800. The van der Waals surface area contributed by atoms with E-state index in [1.165, 1.54) is 32.1 Å². The highest BCUT2D eigenvalue weighted by atomic mass is 16.3. The average molecular weight is 262 g/mol. The Morgan fingerprint density at radius 2 is 2.16 bits per heavy atom. The van der Waals surface area contributed by atoms with E-state index < -0.39 is 0 Å². The van der Waals surface area contributed by atoms with Gasteiger partial charge in [-0.3, -0.25) is 4.90 Å². The van der Waals surface area contributed by atoms with Gasteiger partial charge in [0.15, 0.2) is 0 Å². The number of nitrogens with zero attached hydrogens (tertiary/aromatic N) is 1. The molecule has 0 aromatic carbocycles. The van der Waals surface area contributed by atoms with E-state index in [1.807, 2.05) is 6.07 Å². The Morgan fingerprint density at radius 1 is 1.37 bits per heavy atom. The molecule has 1 aromatic rings. The second-order valence-electron chi connectivity index (χ2n) is 6.43. The first kappa shape index (κ1) is 13.2. The highest BCUT2D eigenvalue weighted by Crippen LogP contribution is 2.35. The van der Waals surface area contributed by atoms with Crippen molar-refractivity contribution in [3.63, 3.8) is 0 Å². The Bertz CT molecular complexity index is 395. The van der Waals surface area contributed by atoms with Crippen molar-refractivity contribution in [2.45, 2.75) is 63.6 Å². The zero-order chi connectivity index (χ0) is 13.3. The second kappa shape index (κ2) is 5.29. The van der Waals surface area contributed by atoms with E-state index in [-0.39, 0.29) is 0 Å². The maximum absolute atomic E-state index is 5.61. The van der Waals surface area contributed by atoms with Gasteiger partial charge in [-0.2, -0.15) is 0 Å². The van der Waals surface area contributed by atoms with Gasteiger partial charge in [0.1, 0.15) is 5.76 Å². The van der Waals surface area contributed by atoms with Crippen molar-refractivity contribution < 1.29 is 4.42 Å². The van der Waals surface area contributed by atoms with Gasteiger partial charge in [-0.25, -0.2) is 0 Å². The van der Waals surface area contributed by atoms with Gasteiger partial charge in [-0.15, -0.1) is 0 Å². The summed E-state index contributed by atoms with van der Waals surface area (Å²) in [6.45, 7) is 6.86. The fraction of sp³-hybridized carbons (Fsp3) is 0.750. The lowest BCUT2D eigenvalue weighted by Gasteiger charge is -2.50. The van der Waals surface area contributed by atoms with Crippen LogP contribution < -0.4 is 5.32 Å². The first-order valence-electron chi connectivity index (χ1n) is 7.74. The largest absolute Gasteiger partial charge is 0.468 e. The molecular formula is C16H26N2O. The van der Waals surface area contributed by atoms with Crippen molar-refractivity contribution in [2.24, 2.45) is 0 Å². The van der Waals surface area contributed by atoms with Crippen LogP contribution in [0.1, 0.15) is 57.8 Å². The molecule has 1 spiro atoms. The van der Waals surface area contributed by atoms with E-state index in [0.29, 0.717) is 17.6 Å². The van der Waals surface area contributed by atoms with Crippen molar-refractivity contribution in [2.75, 3.05) is 13.1 Å². The first-order chi connectivity index (χ1) is 9.20. The molecule has 1 aromatic heterocycles. The predicted molar refractivity (Wildman–Crippen MR) is 77.1 cm³/mol. The van der Waals surface area contributed by atoms with Crippen LogP contribution in [0.15, 0.2) is 22.8 Å². The van der Waals surface area contributed by atoms with Crippen LogP contribution >= 0.6 is 0 Å². The summed E-state index contributed by atoms with van der Waals surface area (Å²) in [5.41, 5.74) is 0.367. The van der Waals surface area contributed by atoms with Crippen LogP contribution in [-0.4, -0.2) is 29.6 Å². The van der Waals surface area contributed by atoms with E-state index in [0.717, 1.165) is 18.8 Å². The number of piperazine rings is 1. The van der Waals surface area contributed by atoms with Gasteiger partial charge in [0.05, 0.1) is 12.3 Å². The van der Waals surface area contributed by atoms with E-state index in [4.69, 9.17) is 4.42 Å². The molecule has 2 atom stereocenters. The summed E-state index contributed by atoms with van der Waals surface area (Å²) in [4.78, 5) is 2.63. The third kappa shape index (κ3) is 2.59. The first-order valence-corrected chi connectivity index (χ1v) is 7.74. The lowest BCUT2D eigenvalue weighted by molar-refractivity contribution is 0.0292. The van der Waals surface area contributed by atoms with E-state index >= 15 is 0 Å². The van der Waals surface area contributed by atoms with Crippen LogP contribution in [0.25, 0.3) is 0 Å². The van der Waals surface area contributed by atoms with Crippen LogP contribution in [0.2, 0.25) is 0 Å². The SMILES string of the molecule is CC1CNC2(CCCCC2)CN1C(C)c1ccco1. The molecule has 0 amide bonds. The molecule has 106 valence electrons. The van der Waals surface area contributed by atoms with Crippen molar-refractivity contribution in [1.29, 1.82) is 0 Å². The number of furan rings is 1. The molecule has 3 heteroatoms. The van der Waals surface area contributed by atoms with Crippen molar-refractivity contribution in [1.82, 2.24) is 10.2 Å². The molecule has 1 aliphatic carbocycles. The van der Waals surface area contributed by atoms with Gasteiger partial charge in [0.2, 0.25) is 0 Å². The van der Waals surface area contributed by atoms with Gasteiger partial charge in [0.25, 0.3) is 0 Å². The third-order valence-electron chi connectivity index (χ3n) is 5.09. The molecule has 3 nitrogen and oxygen atoms in total. The van der Waals surface area contributed by atoms with Crippen LogP contribution in [0.3, 0.4) is 0 Å². The minimum atomic E-state index is 0.367. The molecule has 19 heavy (non-hydrogen) atoms. The Morgan fingerprint density at radius 3 is 2.84 bits per heavy atom. The zero-order valence-electron chi connectivity index (χ0n) is 12.2. The molecule has 2 heterocycles. The summed E-state index contributed by atoms with van der Waals surface area (Å²) in [6, 6.07) is 5.06. The summed E-state index contributed by atoms with van der Waals surface area (Å²) in [6.07, 6.45) is 8.62. The molecule has 1 saturated carbocycles. The van der Waals surface area contributed by atoms with E-state index in [1.54, 1.807) is 6.26 Å². The van der Waals surface area contributed by atoms with Crippen LogP contribution in [0.4, 0.5) is 0 Å².